The average Bonchev–Trinajstić information content (AvgIpc) is 3.27. The number of benzene rings is 2. The molecule has 1 aliphatic carbocycles. The highest BCUT2D eigenvalue weighted by atomic mass is 35.5. The Kier molecular flexibility index (Phi) is 3.77. The van der Waals surface area contributed by atoms with E-state index in [-0.39, 0.29) is 11.1 Å². The summed E-state index contributed by atoms with van der Waals surface area (Å²) >= 11 is 5.95. The molecule has 0 saturated carbocycles. The third-order valence-electron chi connectivity index (χ3n) is 5.38. The van der Waals surface area contributed by atoms with E-state index in [1.54, 1.807) is 0 Å². The third kappa shape index (κ3) is 2.52. The van der Waals surface area contributed by atoms with Crippen LogP contribution in [0, 0.1) is 5.82 Å². The zero-order valence-electron chi connectivity index (χ0n) is 14.7. The van der Waals surface area contributed by atoms with Crippen molar-refractivity contribution in [1.29, 1.82) is 0 Å². The van der Waals surface area contributed by atoms with Crippen LogP contribution in [0.2, 0.25) is 5.02 Å². The molecule has 0 aliphatic heterocycles. The molecular weight excluding hydrogens is 379 g/mol. The van der Waals surface area contributed by atoms with Gasteiger partial charge in [0.25, 0.3) is 0 Å². The summed E-state index contributed by atoms with van der Waals surface area (Å²) in [5.41, 5.74) is 10.8. The van der Waals surface area contributed by atoms with E-state index >= 15 is 0 Å². The van der Waals surface area contributed by atoms with E-state index in [1.807, 2.05) is 18.3 Å². The predicted octanol–water partition coefficient (Wildman–Crippen LogP) is 4.52. The van der Waals surface area contributed by atoms with Gasteiger partial charge in [-0.15, -0.1) is 0 Å². The minimum Gasteiger partial charge on any atom is -0.505 e. The summed E-state index contributed by atoms with van der Waals surface area (Å²) in [6, 6.07) is 11.4. The molecule has 28 heavy (non-hydrogen) atoms. The first-order chi connectivity index (χ1) is 13.5. The largest absolute Gasteiger partial charge is 0.505 e. The van der Waals surface area contributed by atoms with Crippen LogP contribution in [0.1, 0.15) is 17.2 Å². The van der Waals surface area contributed by atoms with Gasteiger partial charge in [0.15, 0.2) is 11.6 Å². The van der Waals surface area contributed by atoms with Crippen LogP contribution in [0.15, 0.2) is 48.9 Å². The van der Waals surface area contributed by atoms with Gasteiger partial charge in [-0.25, -0.2) is 14.4 Å². The first kappa shape index (κ1) is 17.0. The fourth-order valence-electron chi connectivity index (χ4n) is 4.07. The number of aromatic nitrogens is 3. The number of rotatable bonds is 2. The highest BCUT2D eigenvalue weighted by molar-refractivity contribution is 6.31. The summed E-state index contributed by atoms with van der Waals surface area (Å²) in [4.78, 5) is 8.58. The van der Waals surface area contributed by atoms with E-state index < -0.39 is 11.6 Å². The lowest BCUT2D eigenvalue weighted by atomic mass is 10.1. The second-order valence-corrected chi connectivity index (χ2v) is 7.44. The van der Waals surface area contributed by atoms with E-state index in [0.717, 1.165) is 12.8 Å². The molecule has 0 atom stereocenters. The van der Waals surface area contributed by atoms with Gasteiger partial charge in [0, 0.05) is 17.8 Å². The number of halogens is 2. The van der Waals surface area contributed by atoms with Gasteiger partial charge in [-0.05, 0) is 41.7 Å². The summed E-state index contributed by atoms with van der Waals surface area (Å²) < 4.78 is 15.9. The lowest BCUT2D eigenvalue weighted by Crippen LogP contribution is -2.08. The SMILES string of the molecule is Nc1ncnc2c1c(-c1cc(O)c(F)c(Cl)c1)cn2C1Cc2ccccc2C1. The summed E-state index contributed by atoms with van der Waals surface area (Å²) in [7, 11) is 0. The number of hydrogen-bond donors (Lipinski definition) is 2. The van der Waals surface area contributed by atoms with Gasteiger partial charge in [0.1, 0.15) is 17.8 Å². The molecule has 3 N–H and O–H groups in total. The van der Waals surface area contributed by atoms with Crippen molar-refractivity contribution in [3.05, 3.63) is 70.9 Å². The van der Waals surface area contributed by atoms with Crippen molar-refractivity contribution in [3.8, 4) is 16.9 Å². The van der Waals surface area contributed by atoms with Crippen molar-refractivity contribution in [3.63, 3.8) is 0 Å². The second kappa shape index (κ2) is 6.21. The first-order valence-electron chi connectivity index (χ1n) is 8.89. The van der Waals surface area contributed by atoms with Crippen molar-refractivity contribution >= 4 is 28.5 Å². The molecule has 0 amide bonds. The highest BCUT2D eigenvalue weighted by Gasteiger charge is 2.26. The zero-order valence-corrected chi connectivity index (χ0v) is 15.5. The van der Waals surface area contributed by atoms with Crippen molar-refractivity contribution in [2.75, 3.05) is 5.73 Å². The fraction of sp³-hybridized carbons (Fsp3) is 0.143. The molecular formula is C21H16ClFN4O. The zero-order chi connectivity index (χ0) is 19.4. The molecule has 0 spiro atoms. The maximum atomic E-state index is 13.8. The Hall–Kier alpha value is -3.12. The van der Waals surface area contributed by atoms with Crippen LogP contribution in [0.5, 0.6) is 5.75 Å². The summed E-state index contributed by atoms with van der Waals surface area (Å²) in [5, 5.41) is 10.4. The molecule has 0 saturated heterocycles. The van der Waals surface area contributed by atoms with Gasteiger partial charge in [-0.1, -0.05) is 35.9 Å². The Labute approximate surface area is 165 Å². The molecule has 0 radical (unpaired) electrons. The number of aromatic hydroxyl groups is 1. The number of phenolic OH excluding ortho intramolecular Hbond substituents is 1. The molecule has 2 heterocycles. The van der Waals surface area contributed by atoms with E-state index in [9.17, 15) is 9.50 Å². The molecule has 4 aromatic rings. The molecule has 2 aromatic carbocycles. The fourth-order valence-corrected chi connectivity index (χ4v) is 4.28. The van der Waals surface area contributed by atoms with Crippen LogP contribution in [0.4, 0.5) is 10.2 Å². The predicted molar refractivity (Wildman–Crippen MR) is 107 cm³/mol. The van der Waals surface area contributed by atoms with Gasteiger partial charge >= 0.3 is 0 Å². The van der Waals surface area contributed by atoms with Crippen LogP contribution in [0.3, 0.4) is 0 Å². The van der Waals surface area contributed by atoms with Gasteiger partial charge in [-0.2, -0.15) is 0 Å². The summed E-state index contributed by atoms with van der Waals surface area (Å²) in [6.07, 6.45) is 5.15. The van der Waals surface area contributed by atoms with Crippen LogP contribution < -0.4 is 5.73 Å². The van der Waals surface area contributed by atoms with Crippen LogP contribution in [-0.4, -0.2) is 19.6 Å². The molecule has 2 aromatic heterocycles. The quantitative estimate of drug-likeness (QED) is 0.524. The van der Waals surface area contributed by atoms with E-state index in [0.29, 0.717) is 28.0 Å². The first-order valence-corrected chi connectivity index (χ1v) is 9.27. The Morgan fingerprint density at radius 2 is 1.86 bits per heavy atom. The molecule has 7 heteroatoms. The minimum atomic E-state index is -0.843. The van der Waals surface area contributed by atoms with Crippen molar-refractivity contribution in [1.82, 2.24) is 14.5 Å². The van der Waals surface area contributed by atoms with Crippen molar-refractivity contribution < 1.29 is 9.50 Å². The molecule has 0 bridgehead atoms. The number of phenols is 1. The highest BCUT2D eigenvalue weighted by Crippen LogP contribution is 2.40. The van der Waals surface area contributed by atoms with Crippen LogP contribution in [-0.2, 0) is 12.8 Å². The normalized spacial score (nSPS) is 13.9. The van der Waals surface area contributed by atoms with Gasteiger partial charge in [-0.3, -0.25) is 0 Å². The number of nitrogens with zero attached hydrogens (tertiary/aromatic N) is 3. The number of hydrogen-bond acceptors (Lipinski definition) is 4. The van der Waals surface area contributed by atoms with Crippen molar-refractivity contribution in [2.45, 2.75) is 18.9 Å². The van der Waals surface area contributed by atoms with Crippen LogP contribution >= 0.6 is 11.6 Å². The molecule has 1 aliphatic rings. The van der Waals surface area contributed by atoms with Crippen LogP contribution in [0.25, 0.3) is 22.2 Å². The van der Waals surface area contributed by atoms with Gasteiger partial charge in [0.2, 0.25) is 0 Å². The number of nitrogen functional groups attached to an aromatic ring is 1. The minimum absolute atomic E-state index is 0.153. The molecule has 5 nitrogen and oxygen atoms in total. The summed E-state index contributed by atoms with van der Waals surface area (Å²) in [6.45, 7) is 0. The Morgan fingerprint density at radius 1 is 1.14 bits per heavy atom. The second-order valence-electron chi connectivity index (χ2n) is 7.03. The van der Waals surface area contributed by atoms with E-state index in [4.69, 9.17) is 17.3 Å². The topological polar surface area (TPSA) is 77.0 Å². The molecule has 0 fully saturated rings. The van der Waals surface area contributed by atoms with Gasteiger partial charge < -0.3 is 15.4 Å². The smallest absolute Gasteiger partial charge is 0.183 e. The number of nitrogens with two attached hydrogens (primary N) is 1. The number of anilines is 1. The maximum Gasteiger partial charge on any atom is 0.183 e. The third-order valence-corrected chi connectivity index (χ3v) is 5.66. The van der Waals surface area contributed by atoms with E-state index in [2.05, 4.69) is 26.7 Å². The summed E-state index contributed by atoms with van der Waals surface area (Å²) in [5.74, 6) is -1.02. The lowest BCUT2D eigenvalue weighted by Gasteiger charge is -2.12. The Balaban J connectivity index is 1.70. The maximum absolute atomic E-state index is 13.8. The van der Waals surface area contributed by atoms with Gasteiger partial charge in [0.05, 0.1) is 10.4 Å². The molecule has 0 unspecified atom stereocenters. The number of fused-ring (bicyclic) bond motifs is 2. The molecule has 5 rings (SSSR count). The standard InChI is InChI=1S/C21H16ClFN4O/c22-16-7-13(8-17(28)19(16)23)15-9-27(21-18(15)20(24)25-10-26-21)14-5-11-3-1-2-4-12(11)6-14/h1-4,7-10,14,28H,5-6H2,(H2,24,25,26). The average molecular weight is 395 g/mol. The monoisotopic (exact) mass is 394 g/mol. The Bertz CT molecular complexity index is 1190. The van der Waals surface area contributed by atoms with E-state index in [1.165, 1.54) is 29.6 Å². The van der Waals surface area contributed by atoms with Crippen molar-refractivity contribution in [2.24, 2.45) is 0 Å². The lowest BCUT2D eigenvalue weighted by molar-refractivity contribution is 0.433. The Morgan fingerprint density at radius 3 is 2.54 bits per heavy atom. The molecule has 140 valence electrons.